The highest BCUT2D eigenvalue weighted by Crippen LogP contribution is 2.40. The zero-order chi connectivity index (χ0) is 15.7. The highest BCUT2D eigenvalue weighted by molar-refractivity contribution is 6.68. The van der Waals surface area contributed by atoms with Gasteiger partial charge in [0.2, 0.25) is 5.88 Å². The van der Waals surface area contributed by atoms with E-state index in [2.05, 4.69) is 9.72 Å². The highest BCUT2D eigenvalue weighted by Gasteiger charge is 2.43. The van der Waals surface area contributed by atoms with Gasteiger partial charge in [0.1, 0.15) is 5.56 Å². The summed E-state index contributed by atoms with van der Waals surface area (Å²) in [6.07, 6.45) is -10.7. The predicted molar refractivity (Wildman–Crippen MR) is 54.0 cm³/mol. The van der Waals surface area contributed by atoms with Crippen molar-refractivity contribution in [2.24, 2.45) is 5.73 Å². The molecule has 0 bridgehead atoms. The van der Waals surface area contributed by atoms with Crippen molar-refractivity contribution in [2.45, 2.75) is 19.1 Å². The van der Waals surface area contributed by atoms with E-state index in [0.29, 0.717) is 6.07 Å². The molecule has 0 saturated carbocycles. The van der Waals surface area contributed by atoms with Gasteiger partial charge in [-0.1, -0.05) is 0 Å². The number of aromatic nitrogens is 1. The summed E-state index contributed by atoms with van der Waals surface area (Å²) in [4.78, 5) is 13.9. The summed E-state index contributed by atoms with van der Waals surface area (Å²) >= 11 is 4.94. The van der Waals surface area contributed by atoms with Gasteiger partial charge in [-0.2, -0.15) is 13.2 Å². The van der Waals surface area contributed by atoms with Gasteiger partial charge in [-0.05, 0) is 17.7 Å². The Hall–Kier alpha value is -1.55. The van der Waals surface area contributed by atoms with Crippen molar-refractivity contribution in [2.75, 3.05) is 0 Å². The Labute approximate surface area is 112 Å². The molecular formula is C9H5ClF6N2O2. The Balaban J connectivity index is 3.60. The molecule has 1 rings (SSSR count). The van der Waals surface area contributed by atoms with Crippen molar-refractivity contribution < 1.29 is 35.9 Å². The van der Waals surface area contributed by atoms with Crippen LogP contribution in [0.1, 0.15) is 21.6 Å². The summed E-state index contributed by atoms with van der Waals surface area (Å²) in [6, 6.07) is 0.557. The Morgan fingerprint density at radius 3 is 2.20 bits per heavy atom. The normalized spacial score (nSPS) is 12.4. The fourth-order valence-corrected chi connectivity index (χ4v) is 1.44. The monoisotopic (exact) mass is 322 g/mol. The number of hydrogen-bond donors (Lipinski definition) is 1. The Morgan fingerprint density at radius 2 is 1.85 bits per heavy atom. The zero-order valence-electron chi connectivity index (χ0n) is 9.27. The Kier molecular flexibility index (Phi) is 4.49. The van der Waals surface area contributed by atoms with Gasteiger partial charge in [-0.3, -0.25) is 4.79 Å². The molecule has 0 aliphatic rings. The molecule has 0 saturated heterocycles. The predicted octanol–water partition coefficient (Wildman–Crippen LogP) is 2.84. The molecule has 20 heavy (non-hydrogen) atoms. The van der Waals surface area contributed by atoms with Crippen LogP contribution < -0.4 is 10.5 Å². The average molecular weight is 323 g/mol. The second-order valence-corrected chi connectivity index (χ2v) is 3.71. The van der Waals surface area contributed by atoms with Crippen LogP contribution in [0.25, 0.3) is 0 Å². The van der Waals surface area contributed by atoms with Gasteiger partial charge in [-0.25, -0.2) is 4.98 Å². The van der Waals surface area contributed by atoms with Gasteiger partial charge >= 0.3 is 12.5 Å². The SMILES string of the molecule is NCc1cc(C(=O)Cl)c(C(F)(F)F)c(OC(F)(F)F)n1. The fourth-order valence-electron chi connectivity index (χ4n) is 1.29. The lowest BCUT2D eigenvalue weighted by Crippen LogP contribution is -2.23. The van der Waals surface area contributed by atoms with E-state index in [9.17, 15) is 31.1 Å². The van der Waals surface area contributed by atoms with Crippen molar-refractivity contribution in [3.05, 3.63) is 22.9 Å². The molecule has 0 fully saturated rings. The minimum absolute atomic E-state index is 0.416. The molecule has 0 aliphatic carbocycles. The van der Waals surface area contributed by atoms with Gasteiger partial charge in [-0.15, -0.1) is 13.2 Å². The molecule has 1 heterocycles. The van der Waals surface area contributed by atoms with Crippen LogP contribution in [0.5, 0.6) is 5.88 Å². The maximum atomic E-state index is 12.8. The number of rotatable bonds is 3. The average Bonchev–Trinajstić information content (AvgIpc) is 2.23. The Bertz CT molecular complexity index is 528. The lowest BCUT2D eigenvalue weighted by Gasteiger charge is -2.17. The first-order chi connectivity index (χ1) is 8.95. The molecular weight excluding hydrogens is 318 g/mol. The molecule has 0 spiro atoms. The largest absolute Gasteiger partial charge is 0.574 e. The molecule has 2 N–H and O–H groups in total. The van der Waals surface area contributed by atoms with Crippen LogP contribution in [-0.2, 0) is 12.7 Å². The fraction of sp³-hybridized carbons (Fsp3) is 0.333. The first-order valence-corrected chi connectivity index (χ1v) is 5.10. The minimum Gasteiger partial charge on any atom is -0.387 e. The van der Waals surface area contributed by atoms with E-state index in [1.165, 1.54) is 0 Å². The second kappa shape index (κ2) is 5.44. The summed E-state index contributed by atoms with van der Waals surface area (Å²) in [5, 5.41) is -1.61. The van der Waals surface area contributed by atoms with Crippen LogP contribution >= 0.6 is 11.6 Å². The third-order valence-electron chi connectivity index (χ3n) is 1.96. The summed E-state index contributed by atoms with van der Waals surface area (Å²) < 4.78 is 77.7. The van der Waals surface area contributed by atoms with E-state index in [1.54, 1.807) is 0 Å². The minimum atomic E-state index is -5.42. The molecule has 0 unspecified atom stereocenters. The summed E-state index contributed by atoms with van der Waals surface area (Å²) in [5.74, 6) is -1.82. The van der Waals surface area contributed by atoms with E-state index in [0.717, 1.165) is 0 Å². The number of alkyl halides is 6. The van der Waals surface area contributed by atoms with E-state index in [1.807, 2.05) is 0 Å². The van der Waals surface area contributed by atoms with Crippen LogP contribution in [0.2, 0.25) is 0 Å². The zero-order valence-corrected chi connectivity index (χ0v) is 10.0. The van der Waals surface area contributed by atoms with Crippen molar-refractivity contribution in [3.8, 4) is 5.88 Å². The van der Waals surface area contributed by atoms with E-state index >= 15 is 0 Å². The van der Waals surface area contributed by atoms with Gasteiger partial charge in [0, 0.05) is 6.54 Å². The molecule has 0 atom stereocenters. The maximum absolute atomic E-state index is 12.8. The summed E-state index contributed by atoms with van der Waals surface area (Å²) in [7, 11) is 0. The molecule has 1 aromatic heterocycles. The summed E-state index contributed by atoms with van der Waals surface area (Å²) in [5.41, 5.74) is 1.44. The molecule has 1 aromatic rings. The number of pyridine rings is 1. The topological polar surface area (TPSA) is 65.2 Å². The van der Waals surface area contributed by atoms with Crippen LogP contribution in [0.15, 0.2) is 6.07 Å². The molecule has 0 radical (unpaired) electrons. The number of carbonyl (C=O) groups is 1. The van der Waals surface area contributed by atoms with Crippen LogP contribution in [-0.4, -0.2) is 16.6 Å². The lowest BCUT2D eigenvalue weighted by atomic mass is 10.1. The third-order valence-corrected chi connectivity index (χ3v) is 2.16. The van der Waals surface area contributed by atoms with E-state index in [-0.39, 0.29) is 0 Å². The second-order valence-electron chi connectivity index (χ2n) is 3.36. The van der Waals surface area contributed by atoms with Crippen molar-refractivity contribution in [1.29, 1.82) is 0 Å². The smallest absolute Gasteiger partial charge is 0.387 e. The van der Waals surface area contributed by atoms with Gasteiger partial charge < -0.3 is 10.5 Å². The molecule has 0 aromatic carbocycles. The number of halogens is 7. The number of ether oxygens (including phenoxy) is 1. The lowest BCUT2D eigenvalue weighted by molar-refractivity contribution is -0.278. The van der Waals surface area contributed by atoms with Gasteiger partial charge in [0.25, 0.3) is 5.24 Å². The third kappa shape index (κ3) is 3.97. The van der Waals surface area contributed by atoms with Crippen molar-refractivity contribution >= 4 is 16.8 Å². The van der Waals surface area contributed by atoms with Crippen molar-refractivity contribution in [3.63, 3.8) is 0 Å². The first kappa shape index (κ1) is 16.5. The first-order valence-electron chi connectivity index (χ1n) is 4.72. The summed E-state index contributed by atoms with van der Waals surface area (Å²) in [6.45, 7) is -0.510. The number of nitrogens with two attached hydrogens (primary N) is 1. The van der Waals surface area contributed by atoms with Crippen LogP contribution in [0, 0.1) is 0 Å². The quantitative estimate of drug-likeness (QED) is 0.686. The molecule has 0 amide bonds. The molecule has 0 aliphatic heterocycles. The standard InChI is InChI=1S/C9H5ClF6N2O2/c10-6(19)4-1-3(2-17)18-7(20-9(14,15)16)5(4)8(11,12)13/h1H,2,17H2. The van der Waals surface area contributed by atoms with Crippen LogP contribution in [0.4, 0.5) is 26.3 Å². The van der Waals surface area contributed by atoms with Gasteiger partial charge in [0.15, 0.2) is 0 Å². The maximum Gasteiger partial charge on any atom is 0.574 e. The number of hydrogen-bond acceptors (Lipinski definition) is 4. The molecule has 11 heteroatoms. The number of carbonyl (C=O) groups excluding carboxylic acids is 1. The van der Waals surface area contributed by atoms with Crippen molar-refractivity contribution in [1.82, 2.24) is 4.98 Å². The van der Waals surface area contributed by atoms with Gasteiger partial charge in [0.05, 0.1) is 11.3 Å². The molecule has 112 valence electrons. The molecule has 4 nitrogen and oxygen atoms in total. The Morgan fingerprint density at radius 1 is 1.30 bits per heavy atom. The highest BCUT2D eigenvalue weighted by atomic mass is 35.5. The van der Waals surface area contributed by atoms with E-state index < -0.39 is 47.0 Å². The van der Waals surface area contributed by atoms with E-state index in [4.69, 9.17) is 17.3 Å². The number of nitrogens with zero attached hydrogens (tertiary/aromatic N) is 1. The van der Waals surface area contributed by atoms with Crippen LogP contribution in [0.3, 0.4) is 0 Å².